The van der Waals surface area contributed by atoms with Crippen molar-refractivity contribution < 1.29 is 4.79 Å². The Hall–Kier alpha value is -3.26. The van der Waals surface area contributed by atoms with E-state index in [0.29, 0.717) is 23.8 Å². The number of hydrogen-bond donors (Lipinski definition) is 1. The van der Waals surface area contributed by atoms with Gasteiger partial charge in [-0.15, -0.1) is 0 Å². The summed E-state index contributed by atoms with van der Waals surface area (Å²) in [6, 6.07) is 4.03. The fourth-order valence-corrected chi connectivity index (χ4v) is 4.91. The van der Waals surface area contributed by atoms with Crippen LogP contribution >= 0.6 is 15.9 Å². The summed E-state index contributed by atoms with van der Waals surface area (Å²) in [5.74, 6) is 1.22. The third-order valence-corrected chi connectivity index (χ3v) is 7.40. The molecule has 3 aromatic heterocycles. The monoisotopic (exact) mass is 534 g/mol. The third kappa shape index (κ3) is 5.22. The number of allylic oxidation sites excluding steroid dienone is 5. The predicted molar refractivity (Wildman–Crippen MR) is 145 cm³/mol. The molecule has 0 atom stereocenters. The molecular weight excluding hydrogens is 504 g/mol. The summed E-state index contributed by atoms with van der Waals surface area (Å²) in [4.78, 5) is 23.6. The summed E-state index contributed by atoms with van der Waals surface area (Å²) in [5.41, 5.74) is 11.8. The van der Waals surface area contributed by atoms with Gasteiger partial charge in [-0.2, -0.15) is 9.61 Å². The Balaban J connectivity index is 1.60. The quantitative estimate of drug-likeness (QED) is 0.405. The minimum Gasteiger partial charge on any atom is -0.383 e. The molecule has 0 spiro atoms. The van der Waals surface area contributed by atoms with Gasteiger partial charge in [-0.1, -0.05) is 43.9 Å². The fourth-order valence-electron chi connectivity index (χ4n) is 4.49. The second kappa shape index (κ2) is 11.0. The zero-order chi connectivity index (χ0) is 24.9. The molecular formula is C27H31BrN6O. The molecule has 3 aromatic rings. The molecule has 0 bridgehead atoms. The van der Waals surface area contributed by atoms with Crippen molar-refractivity contribution in [3.8, 4) is 11.1 Å². The van der Waals surface area contributed by atoms with E-state index in [9.17, 15) is 4.79 Å². The Labute approximate surface area is 214 Å². The van der Waals surface area contributed by atoms with Gasteiger partial charge in [-0.25, -0.2) is 4.98 Å². The average molecular weight is 535 g/mol. The lowest BCUT2D eigenvalue weighted by atomic mass is 9.92. The molecule has 0 radical (unpaired) electrons. The summed E-state index contributed by atoms with van der Waals surface area (Å²) in [6.07, 6.45) is 14.6. The lowest BCUT2D eigenvalue weighted by molar-refractivity contribution is -0.132. The van der Waals surface area contributed by atoms with E-state index in [1.807, 2.05) is 55.3 Å². The number of anilines is 1. The van der Waals surface area contributed by atoms with Crippen LogP contribution < -0.4 is 5.73 Å². The first kappa shape index (κ1) is 24.9. The average Bonchev–Trinajstić information content (AvgIpc) is 3.32. The zero-order valence-electron chi connectivity index (χ0n) is 20.2. The molecule has 7 nitrogen and oxygen atoms in total. The van der Waals surface area contributed by atoms with Crippen LogP contribution in [0.3, 0.4) is 0 Å². The van der Waals surface area contributed by atoms with Gasteiger partial charge in [0, 0.05) is 36.8 Å². The number of piperidine rings is 1. The van der Waals surface area contributed by atoms with E-state index in [0.717, 1.165) is 64.9 Å². The molecule has 2 N–H and O–H groups in total. The lowest BCUT2D eigenvalue weighted by Gasteiger charge is -2.32. The Kier molecular flexibility index (Phi) is 7.80. The normalized spacial score (nSPS) is 15.3. The van der Waals surface area contributed by atoms with Crippen LogP contribution in [0, 0.1) is 5.92 Å². The second-order valence-electron chi connectivity index (χ2n) is 8.70. The standard InChI is InChI=1S/C27H31BrN6O/c1-4-7-8-19(5-2)22-10-9-20(16-30-22)21-17-31-34-26(29)25(28)23(32-27(21)34)15-18-11-13-33(14-12-18)24(35)6-3/h4-5,7-10,16-18H,1,6,11-15,29H2,2-3H3/b8-7-,19-5+. The second-order valence-corrected chi connectivity index (χ2v) is 9.50. The summed E-state index contributed by atoms with van der Waals surface area (Å²) in [7, 11) is 0. The SMILES string of the molecule is C=C/C=C\C(=C/C)c1ccc(-c2cnn3c(N)c(Br)c(CC4CCN(C(=O)CC)CC4)nc23)cn1. The molecule has 1 amide bonds. The van der Waals surface area contributed by atoms with Gasteiger partial charge in [0.05, 0.1) is 22.1 Å². The highest BCUT2D eigenvalue weighted by molar-refractivity contribution is 9.10. The van der Waals surface area contributed by atoms with Crippen LogP contribution in [-0.2, 0) is 11.2 Å². The third-order valence-electron chi connectivity index (χ3n) is 6.54. The molecule has 1 fully saturated rings. The molecule has 1 saturated heterocycles. The highest BCUT2D eigenvalue weighted by Gasteiger charge is 2.24. The van der Waals surface area contributed by atoms with Crippen molar-refractivity contribution >= 4 is 38.9 Å². The summed E-state index contributed by atoms with van der Waals surface area (Å²) < 4.78 is 2.45. The van der Waals surface area contributed by atoms with Gasteiger partial charge in [0.25, 0.3) is 0 Å². The van der Waals surface area contributed by atoms with Crippen LogP contribution in [0.25, 0.3) is 22.3 Å². The highest BCUT2D eigenvalue weighted by Crippen LogP contribution is 2.32. The number of rotatable bonds is 7. The molecule has 182 valence electrons. The Morgan fingerprint density at radius 2 is 2.06 bits per heavy atom. The number of nitrogens with zero attached hydrogens (tertiary/aromatic N) is 5. The first-order chi connectivity index (χ1) is 17.0. The van der Waals surface area contributed by atoms with Crippen LogP contribution in [0.5, 0.6) is 0 Å². The largest absolute Gasteiger partial charge is 0.383 e. The maximum atomic E-state index is 12.0. The van der Waals surface area contributed by atoms with E-state index in [2.05, 4.69) is 32.6 Å². The number of nitrogens with two attached hydrogens (primary N) is 1. The van der Waals surface area contributed by atoms with E-state index >= 15 is 0 Å². The first-order valence-corrected chi connectivity index (χ1v) is 12.8. The van der Waals surface area contributed by atoms with Crippen molar-refractivity contribution in [2.45, 2.75) is 39.5 Å². The van der Waals surface area contributed by atoms with Crippen LogP contribution in [0.2, 0.25) is 0 Å². The van der Waals surface area contributed by atoms with Crippen LogP contribution in [-0.4, -0.2) is 43.5 Å². The number of carbonyl (C=O) groups excluding carboxylic acids is 1. The number of amides is 1. The Bertz CT molecular complexity index is 1280. The van der Waals surface area contributed by atoms with E-state index < -0.39 is 0 Å². The van der Waals surface area contributed by atoms with Crippen LogP contribution in [0.15, 0.2) is 59.9 Å². The minimum absolute atomic E-state index is 0.232. The predicted octanol–water partition coefficient (Wildman–Crippen LogP) is 5.47. The van der Waals surface area contributed by atoms with Crippen LogP contribution in [0.1, 0.15) is 44.5 Å². The van der Waals surface area contributed by atoms with Crippen molar-refractivity contribution in [1.82, 2.24) is 24.5 Å². The lowest BCUT2D eigenvalue weighted by Crippen LogP contribution is -2.38. The highest BCUT2D eigenvalue weighted by atomic mass is 79.9. The van der Waals surface area contributed by atoms with Gasteiger partial charge >= 0.3 is 0 Å². The number of nitrogen functional groups attached to an aromatic ring is 1. The van der Waals surface area contributed by atoms with Gasteiger partial charge in [0.15, 0.2) is 5.65 Å². The van der Waals surface area contributed by atoms with Crippen LogP contribution in [0.4, 0.5) is 5.82 Å². The van der Waals surface area contributed by atoms with Crippen molar-refractivity contribution in [1.29, 1.82) is 0 Å². The summed E-state index contributed by atoms with van der Waals surface area (Å²) in [6.45, 7) is 9.24. The zero-order valence-corrected chi connectivity index (χ0v) is 21.8. The summed E-state index contributed by atoms with van der Waals surface area (Å²) in [5, 5.41) is 4.49. The molecule has 0 unspecified atom stereocenters. The molecule has 0 aromatic carbocycles. The van der Waals surface area contributed by atoms with Crippen molar-refractivity contribution in [2.24, 2.45) is 5.92 Å². The van der Waals surface area contributed by atoms with Gasteiger partial charge < -0.3 is 10.6 Å². The smallest absolute Gasteiger partial charge is 0.222 e. The van der Waals surface area contributed by atoms with Crippen molar-refractivity contribution in [2.75, 3.05) is 18.8 Å². The molecule has 4 rings (SSSR count). The van der Waals surface area contributed by atoms with E-state index in [-0.39, 0.29) is 5.91 Å². The number of pyridine rings is 1. The first-order valence-electron chi connectivity index (χ1n) is 12.0. The number of fused-ring (bicyclic) bond motifs is 1. The maximum absolute atomic E-state index is 12.0. The molecule has 0 aliphatic carbocycles. The van der Waals surface area contributed by atoms with Crippen molar-refractivity contribution in [3.05, 3.63) is 71.3 Å². The summed E-state index contributed by atoms with van der Waals surface area (Å²) >= 11 is 3.65. The number of carbonyl (C=O) groups is 1. The van der Waals surface area contributed by atoms with Gasteiger partial charge in [0.1, 0.15) is 5.82 Å². The van der Waals surface area contributed by atoms with Crippen molar-refractivity contribution in [3.63, 3.8) is 0 Å². The molecule has 8 heteroatoms. The van der Waals surface area contributed by atoms with E-state index in [1.54, 1.807) is 16.8 Å². The number of hydrogen-bond acceptors (Lipinski definition) is 5. The molecule has 1 aliphatic rings. The number of aromatic nitrogens is 4. The van der Waals surface area contributed by atoms with E-state index in [4.69, 9.17) is 10.7 Å². The van der Waals surface area contributed by atoms with Gasteiger partial charge in [-0.3, -0.25) is 9.78 Å². The van der Waals surface area contributed by atoms with Gasteiger partial charge in [-0.05, 0) is 59.7 Å². The number of halogens is 1. The maximum Gasteiger partial charge on any atom is 0.222 e. The molecule has 0 saturated carbocycles. The number of likely N-dealkylation sites (tertiary alicyclic amines) is 1. The Morgan fingerprint density at radius 1 is 1.29 bits per heavy atom. The topological polar surface area (TPSA) is 89.4 Å². The van der Waals surface area contributed by atoms with E-state index in [1.165, 1.54) is 0 Å². The minimum atomic E-state index is 0.232. The molecule has 1 aliphatic heterocycles. The molecule has 4 heterocycles. The van der Waals surface area contributed by atoms with Gasteiger partial charge in [0.2, 0.25) is 5.91 Å². The Morgan fingerprint density at radius 3 is 2.69 bits per heavy atom. The molecule has 35 heavy (non-hydrogen) atoms. The fraction of sp³-hybridized carbons (Fsp3) is 0.333.